The fraction of sp³-hybridized carbons (Fsp3) is 0.500. The highest BCUT2D eigenvalue weighted by molar-refractivity contribution is 6.32. The lowest BCUT2D eigenvalue weighted by Crippen LogP contribution is -2.45. The van der Waals surface area contributed by atoms with Gasteiger partial charge in [0.1, 0.15) is 18.8 Å². The third-order valence-corrected chi connectivity index (χ3v) is 4.73. The molecule has 0 radical (unpaired) electrons. The van der Waals surface area contributed by atoms with Crippen LogP contribution in [0.2, 0.25) is 5.02 Å². The summed E-state index contributed by atoms with van der Waals surface area (Å²) < 4.78 is 11.0. The normalized spacial score (nSPS) is 19.0. The van der Waals surface area contributed by atoms with E-state index in [1.807, 2.05) is 13.8 Å². The van der Waals surface area contributed by atoms with E-state index in [4.69, 9.17) is 21.1 Å². The van der Waals surface area contributed by atoms with Gasteiger partial charge in [0.25, 0.3) is 5.91 Å². The van der Waals surface area contributed by atoms with Gasteiger partial charge in [0.2, 0.25) is 0 Å². The van der Waals surface area contributed by atoms with Gasteiger partial charge in [0, 0.05) is 0 Å². The first-order valence-electron chi connectivity index (χ1n) is 7.73. The monoisotopic (exact) mass is 338 g/mol. The van der Waals surface area contributed by atoms with Crippen LogP contribution in [0.25, 0.3) is 0 Å². The molecule has 2 aliphatic heterocycles. The van der Waals surface area contributed by atoms with Crippen LogP contribution in [0, 0.1) is 0 Å². The first kappa shape index (κ1) is 15.9. The Morgan fingerprint density at radius 1 is 1.22 bits per heavy atom. The van der Waals surface area contributed by atoms with E-state index in [9.17, 15) is 9.59 Å². The molecule has 1 aromatic carbocycles. The molecular weight excluding hydrogens is 320 g/mol. The maximum absolute atomic E-state index is 12.6. The summed E-state index contributed by atoms with van der Waals surface area (Å²) in [5, 5.41) is 3.23. The highest BCUT2D eigenvalue weighted by Crippen LogP contribution is 2.39. The van der Waals surface area contributed by atoms with Crippen molar-refractivity contribution in [2.24, 2.45) is 0 Å². The molecule has 2 heterocycles. The molecule has 0 aromatic heterocycles. The minimum atomic E-state index is -0.797. The number of ether oxygens (including phenoxy) is 2. The van der Waals surface area contributed by atoms with E-state index in [0.29, 0.717) is 42.6 Å². The minimum Gasteiger partial charge on any atom is -0.486 e. The van der Waals surface area contributed by atoms with E-state index in [2.05, 4.69) is 5.32 Å². The van der Waals surface area contributed by atoms with Gasteiger partial charge in [-0.1, -0.05) is 25.4 Å². The van der Waals surface area contributed by atoms with Crippen LogP contribution in [0.5, 0.6) is 11.5 Å². The van der Waals surface area contributed by atoms with Gasteiger partial charge in [-0.3, -0.25) is 9.69 Å². The predicted molar refractivity (Wildman–Crippen MR) is 84.8 cm³/mol. The van der Waals surface area contributed by atoms with Crippen LogP contribution in [0.3, 0.4) is 0 Å². The molecule has 0 spiro atoms. The number of urea groups is 1. The first-order chi connectivity index (χ1) is 11.0. The Kier molecular flexibility index (Phi) is 4.10. The molecule has 124 valence electrons. The Morgan fingerprint density at radius 3 is 2.57 bits per heavy atom. The number of hydrogen-bond donors (Lipinski definition) is 1. The van der Waals surface area contributed by atoms with Gasteiger partial charge in [-0.25, -0.2) is 4.79 Å². The maximum Gasteiger partial charge on any atom is 0.325 e. The Bertz CT molecular complexity index is 658. The molecule has 3 amide bonds. The van der Waals surface area contributed by atoms with E-state index in [1.165, 1.54) is 4.90 Å². The summed E-state index contributed by atoms with van der Waals surface area (Å²) in [7, 11) is 0. The van der Waals surface area contributed by atoms with Gasteiger partial charge < -0.3 is 14.8 Å². The molecule has 0 aliphatic carbocycles. The molecule has 0 bridgehead atoms. The number of benzene rings is 1. The number of fused-ring (bicyclic) bond motifs is 1. The Labute approximate surface area is 139 Å². The zero-order chi connectivity index (χ0) is 16.6. The molecule has 6 nitrogen and oxygen atoms in total. The molecule has 23 heavy (non-hydrogen) atoms. The van der Waals surface area contributed by atoms with Crippen LogP contribution in [0.4, 0.5) is 4.79 Å². The zero-order valence-electron chi connectivity index (χ0n) is 13.1. The lowest BCUT2D eigenvalue weighted by molar-refractivity contribution is -0.132. The summed E-state index contributed by atoms with van der Waals surface area (Å²) in [4.78, 5) is 26.1. The number of carbonyl (C=O) groups excluding carboxylic acids is 2. The van der Waals surface area contributed by atoms with Crippen LogP contribution in [0.15, 0.2) is 12.1 Å². The molecule has 7 heteroatoms. The summed E-state index contributed by atoms with van der Waals surface area (Å²) in [6.07, 6.45) is 1.12. The number of nitrogens with one attached hydrogen (secondary N) is 1. The Morgan fingerprint density at radius 2 is 1.91 bits per heavy atom. The molecule has 1 saturated heterocycles. The second-order valence-corrected chi connectivity index (χ2v) is 6.12. The SMILES string of the molecule is CCC1(CC)NC(=O)N(Cc2cc(Cl)c3c(c2)OCCO3)C1=O. The first-order valence-corrected chi connectivity index (χ1v) is 8.10. The molecule has 1 N–H and O–H groups in total. The van der Waals surface area contributed by atoms with Crippen molar-refractivity contribution in [3.05, 3.63) is 22.7 Å². The number of carbonyl (C=O) groups is 2. The fourth-order valence-corrected chi connectivity index (χ4v) is 3.27. The lowest BCUT2D eigenvalue weighted by Gasteiger charge is -2.23. The second kappa shape index (κ2) is 5.92. The Hall–Kier alpha value is -1.95. The largest absolute Gasteiger partial charge is 0.486 e. The molecule has 0 atom stereocenters. The maximum atomic E-state index is 12.6. The van der Waals surface area contributed by atoms with Crippen LogP contribution < -0.4 is 14.8 Å². The average molecular weight is 339 g/mol. The second-order valence-electron chi connectivity index (χ2n) is 5.71. The Balaban J connectivity index is 1.86. The number of rotatable bonds is 4. The molecule has 2 aliphatic rings. The number of hydrogen-bond acceptors (Lipinski definition) is 4. The van der Waals surface area contributed by atoms with Crippen molar-refractivity contribution >= 4 is 23.5 Å². The van der Waals surface area contributed by atoms with Crippen LogP contribution in [-0.2, 0) is 11.3 Å². The predicted octanol–water partition coefficient (Wildman–Crippen LogP) is 2.72. The van der Waals surface area contributed by atoms with Crippen molar-refractivity contribution in [1.82, 2.24) is 10.2 Å². The number of nitrogens with zero attached hydrogens (tertiary/aromatic N) is 1. The fourth-order valence-electron chi connectivity index (χ4n) is 2.99. The quantitative estimate of drug-likeness (QED) is 0.857. The summed E-state index contributed by atoms with van der Waals surface area (Å²) in [6.45, 7) is 4.85. The van der Waals surface area contributed by atoms with E-state index >= 15 is 0 Å². The van der Waals surface area contributed by atoms with Crippen LogP contribution >= 0.6 is 11.6 Å². The molecular formula is C16H19ClN2O4. The van der Waals surface area contributed by atoms with Crippen molar-refractivity contribution in [1.29, 1.82) is 0 Å². The number of imide groups is 1. The smallest absolute Gasteiger partial charge is 0.325 e. The minimum absolute atomic E-state index is 0.156. The summed E-state index contributed by atoms with van der Waals surface area (Å²) in [5.41, 5.74) is -0.0694. The summed E-state index contributed by atoms with van der Waals surface area (Å²) in [5.74, 6) is 0.858. The average Bonchev–Trinajstić information content (AvgIpc) is 2.79. The zero-order valence-corrected chi connectivity index (χ0v) is 13.9. The van der Waals surface area contributed by atoms with E-state index in [1.54, 1.807) is 12.1 Å². The van der Waals surface area contributed by atoms with Gasteiger partial charge >= 0.3 is 6.03 Å². The number of amides is 3. The van der Waals surface area contributed by atoms with E-state index in [-0.39, 0.29) is 18.5 Å². The summed E-state index contributed by atoms with van der Waals surface area (Å²) in [6, 6.07) is 3.09. The third kappa shape index (κ3) is 2.61. The molecule has 3 rings (SSSR count). The van der Waals surface area contributed by atoms with Crippen molar-refractivity contribution in [3.63, 3.8) is 0 Å². The summed E-state index contributed by atoms with van der Waals surface area (Å²) >= 11 is 6.21. The molecule has 0 saturated carbocycles. The van der Waals surface area contributed by atoms with Crippen molar-refractivity contribution < 1.29 is 19.1 Å². The van der Waals surface area contributed by atoms with Crippen molar-refractivity contribution in [2.75, 3.05) is 13.2 Å². The van der Waals surface area contributed by atoms with Gasteiger partial charge in [0.05, 0.1) is 11.6 Å². The van der Waals surface area contributed by atoms with Crippen molar-refractivity contribution in [3.8, 4) is 11.5 Å². The van der Waals surface area contributed by atoms with Gasteiger partial charge in [0.15, 0.2) is 11.5 Å². The molecule has 1 fully saturated rings. The van der Waals surface area contributed by atoms with E-state index in [0.717, 1.165) is 5.56 Å². The lowest BCUT2D eigenvalue weighted by atomic mass is 9.93. The van der Waals surface area contributed by atoms with Gasteiger partial charge in [-0.15, -0.1) is 0 Å². The number of halogens is 1. The third-order valence-electron chi connectivity index (χ3n) is 4.45. The topological polar surface area (TPSA) is 67.9 Å². The molecule has 1 aromatic rings. The van der Waals surface area contributed by atoms with E-state index < -0.39 is 5.54 Å². The van der Waals surface area contributed by atoms with Gasteiger partial charge in [-0.2, -0.15) is 0 Å². The standard InChI is InChI=1S/C16H19ClN2O4/c1-3-16(4-2)14(20)19(15(21)18-16)9-10-7-11(17)13-12(8-10)22-5-6-23-13/h7-8H,3-6,9H2,1-2H3,(H,18,21). The highest BCUT2D eigenvalue weighted by atomic mass is 35.5. The molecule has 0 unspecified atom stereocenters. The van der Waals surface area contributed by atoms with Crippen LogP contribution in [0.1, 0.15) is 32.3 Å². The van der Waals surface area contributed by atoms with Gasteiger partial charge in [-0.05, 0) is 30.5 Å². The van der Waals surface area contributed by atoms with Crippen LogP contribution in [-0.4, -0.2) is 35.6 Å². The highest BCUT2D eigenvalue weighted by Gasteiger charge is 2.48. The van der Waals surface area contributed by atoms with Crippen molar-refractivity contribution in [2.45, 2.75) is 38.8 Å².